The van der Waals surface area contributed by atoms with Gasteiger partial charge < -0.3 is 49.8 Å². The molecule has 0 saturated carbocycles. The molecule has 0 aliphatic carbocycles. The van der Waals surface area contributed by atoms with Gasteiger partial charge in [-0.05, 0) is 33.0 Å². The summed E-state index contributed by atoms with van der Waals surface area (Å²) in [5, 5.41) is 60.5. The molecular weight excluding hydrogens is 724 g/mol. The van der Waals surface area contributed by atoms with E-state index in [0.717, 1.165) is 0 Å². The highest BCUT2D eigenvalue weighted by molar-refractivity contribution is 6.22. The topological polar surface area (TPSA) is 205 Å². The van der Waals surface area contributed by atoms with Crippen LogP contribution in [0.1, 0.15) is 83.8 Å². The number of rotatable bonds is 6. The Hall–Kier alpha value is -4.63. The zero-order chi connectivity index (χ0) is 42.0. The van der Waals surface area contributed by atoms with Crippen molar-refractivity contribution in [1.29, 1.82) is 0 Å². The van der Waals surface area contributed by atoms with Crippen molar-refractivity contribution >= 4 is 34.1 Å². The lowest BCUT2D eigenvalue weighted by Crippen LogP contribution is -2.46. The Morgan fingerprint density at radius 1 is 0.929 bits per heavy atom. The maximum atomic E-state index is 14.4. The van der Waals surface area contributed by atoms with Crippen molar-refractivity contribution in [3.8, 4) is 23.0 Å². The number of methoxy groups -OCH3 is 1. The molecule has 1 amide bonds. The lowest BCUT2D eigenvalue weighted by atomic mass is 9.78. The van der Waals surface area contributed by atoms with Crippen molar-refractivity contribution in [2.75, 3.05) is 25.5 Å². The molecule has 5 bridgehead atoms. The number of nitrogens with zero attached hydrogens (tertiary/aromatic N) is 1. The van der Waals surface area contributed by atoms with Crippen LogP contribution in [0, 0.1) is 30.6 Å². The van der Waals surface area contributed by atoms with Crippen molar-refractivity contribution in [2.45, 2.75) is 106 Å². The van der Waals surface area contributed by atoms with Crippen molar-refractivity contribution in [1.82, 2.24) is 4.90 Å². The Labute approximate surface area is 328 Å². The van der Waals surface area contributed by atoms with Crippen molar-refractivity contribution in [2.24, 2.45) is 23.7 Å². The monoisotopic (exact) mass is 782 g/mol. The third kappa shape index (κ3) is 8.38. The molecule has 3 aliphatic rings. The number of aliphatic hydroxyl groups is 2. The maximum Gasteiger partial charge on any atom is 0.312 e. The fraction of sp³-hybridized carbons (Fsp3) is 0.548. The largest absolute Gasteiger partial charge is 0.507 e. The minimum Gasteiger partial charge on any atom is -0.507 e. The minimum absolute atomic E-state index is 0.0541. The molecule has 9 atom stereocenters. The number of nitrogens with one attached hydrogen (secondary N) is 1. The number of aromatic hydroxyl groups is 3. The molecular formula is C42H58N2O12. The number of Topliss-reactive ketones (excluding diaryl/α,β-unsaturated/α-hetero) is 1. The van der Waals surface area contributed by atoms with E-state index in [-0.39, 0.29) is 51.0 Å². The second kappa shape index (κ2) is 17.7. The number of hydrogen-bond acceptors (Lipinski definition) is 13. The molecule has 0 saturated heterocycles. The number of benzene rings is 2. The third-order valence-corrected chi connectivity index (χ3v) is 11.4. The molecule has 56 heavy (non-hydrogen) atoms. The zero-order valence-corrected chi connectivity index (χ0v) is 34.2. The Balaban J connectivity index is 1.98. The molecule has 5 rings (SSSR count). The summed E-state index contributed by atoms with van der Waals surface area (Å²) in [6.45, 7) is 17.6. The second-order valence-corrected chi connectivity index (χ2v) is 15.1. The standard InChI is InChI=1S/C42H58N2O12/c1-12-44(13-2)19-27-32-37(50)30-29(36(27)49)31-39(25(8)35(30)48)56-42(10,40(31)51)54-18-17-28(53-11)22(5)38(55-26(9)45)24(7)34(47)23(6)33(46)20(3)15-14-16-21(4)41(52)43-32/h14-18,20,22-24,28,33-34,38,46-50H,12-13,19H2,1-11H3,(H,43,52)/t20-,22+,23-,24-,28+,33-,34-,38+,42+/m1/s1. The average Bonchev–Trinajstić information content (AvgIpc) is 3.43. The number of fused-ring (bicyclic) bond motifs is 14. The van der Waals surface area contributed by atoms with Crippen molar-refractivity contribution < 1.29 is 58.9 Å². The van der Waals surface area contributed by atoms with Crippen LogP contribution >= 0.6 is 0 Å². The van der Waals surface area contributed by atoms with Gasteiger partial charge in [0.05, 0.1) is 41.2 Å². The van der Waals surface area contributed by atoms with E-state index in [2.05, 4.69) is 5.32 Å². The molecule has 0 aromatic heterocycles. The summed E-state index contributed by atoms with van der Waals surface area (Å²) in [4.78, 5) is 42.3. The van der Waals surface area contributed by atoms with Gasteiger partial charge >= 0.3 is 11.8 Å². The number of ether oxygens (including phenoxy) is 4. The SMILES string of the molecule is CCN(CC)Cc1c2c(O)c3c(O)c(C)c4c(c3c1O)C(=O)[C@@](C)(OC=C[C@H](OC)[C@H](C)[C@H](OC(C)=O)[C@H](C)[C@H](O)[C@H](C)[C@H](O)[C@H](C)C=CC=C(C)C(=O)N2)O4. The Bertz CT molecular complexity index is 1920. The number of aliphatic hydroxyl groups excluding tert-OH is 2. The molecule has 14 heteroatoms. The number of allylic oxidation sites excluding steroid dienone is 2. The first-order chi connectivity index (χ1) is 26.3. The van der Waals surface area contributed by atoms with Crippen molar-refractivity contribution in [3.63, 3.8) is 0 Å². The van der Waals surface area contributed by atoms with E-state index in [4.69, 9.17) is 18.9 Å². The van der Waals surface area contributed by atoms with E-state index in [1.54, 1.807) is 46.8 Å². The number of anilines is 1. The quantitative estimate of drug-likeness (QED) is 0.120. The van der Waals surface area contributed by atoms with Gasteiger partial charge in [-0.15, -0.1) is 0 Å². The molecule has 0 spiro atoms. The van der Waals surface area contributed by atoms with Crippen LogP contribution in [0.25, 0.3) is 10.8 Å². The fourth-order valence-electron chi connectivity index (χ4n) is 7.61. The van der Waals surface area contributed by atoms with E-state index < -0.39 is 88.8 Å². The summed E-state index contributed by atoms with van der Waals surface area (Å²) in [5.74, 6) is -7.91. The number of amides is 1. The molecule has 3 heterocycles. The lowest BCUT2D eigenvalue weighted by Gasteiger charge is -2.38. The number of ketones is 1. The van der Waals surface area contributed by atoms with Crippen LogP contribution in [-0.4, -0.2) is 98.5 Å². The highest BCUT2D eigenvalue weighted by Crippen LogP contribution is 2.55. The van der Waals surface area contributed by atoms with Gasteiger partial charge in [0, 0.05) is 73.3 Å². The predicted octanol–water partition coefficient (Wildman–Crippen LogP) is 5.60. The first-order valence-corrected chi connectivity index (χ1v) is 19.0. The smallest absolute Gasteiger partial charge is 0.312 e. The van der Waals surface area contributed by atoms with E-state index in [1.165, 1.54) is 46.3 Å². The molecule has 0 fully saturated rings. The van der Waals surface area contributed by atoms with Crippen LogP contribution in [0.4, 0.5) is 5.69 Å². The first-order valence-electron chi connectivity index (χ1n) is 19.0. The molecule has 0 unspecified atom stereocenters. The van der Waals surface area contributed by atoms with E-state index in [0.29, 0.717) is 13.1 Å². The van der Waals surface area contributed by atoms with Gasteiger partial charge in [-0.3, -0.25) is 19.3 Å². The summed E-state index contributed by atoms with van der Waals surface area (Å²) in [5.41, 5.74) is 0.117. The molecule has 2 aromatic carbocycles. The summed E-state index contributed by atoms with van der Waals surface area (Å²) in [6, 6.07) is 0. The van der Waals surface area contributed by atoms with Crippen LogP contribution < -0.4 is 10.1 Å². The van der Waals surface area contributed by atoms with Gasteiger partial charge in [0.1, 0.15) is 23.4 Å². The van der Waals surface area contributed by atoms with Crippen LogP contribution in [0.2, 0.25) is 0 Å². The number of phenolic OH excluding ortho intramolecular Hbond substituents is 3. The highest BCUT2D eigenvalue weighted by Gasteiger charge is 2.50. The fourth-order valence-corrected chi connectivity index (χ4v) is 7.61. The zero-order valence-electron chi connectivity index (χ0n) is 34.2. The third-order valence-electron chi connectivity index (χ3n) is 11.4. The summed E-state index contributed by atoms with van der Waals surface area (Å²) in [6.07, 6.45) is 3.69. The van der Waals surface area contributed by atoms with Gasteiger partial charge in [0.2, 0.25) is 0 Å². The predicted molar refractivity (Wildman–Crippen MR) is 210 cm³/mol. The van der Waals surface area contributed by atoms with Crippen LogP contribution in [0.5, 0.6) is 23.0 Å². The lowest BCUT2D eigenvalue weighted by molar-refractivity contribution is -0.160. The van der Waals surface area contributed by atoms with Crippen LogP contribution in [-0.2, 0) is 30.3 Å². The number of carbonyl (C=O) groups excluding carboxylic acids is 3. The molecule has 308 valence electrons. The molecule has 3 aliphatic heterocycles. The average molecular weight is 783 g/mol. The van der Waals surface area contributed by atoms with Crippen LogP contribution in [0.15, 0.2) is 36.1 Å². The number of carbonyl (C=O) groups is 3. The highest BCUT2D eigenvalue weighted by atomic mass is 16.7. The van der Waals surface area contributed by atoms with Crippen LogP contribution in [0.3, 0.4) is 0 Å². The van der Waals surface area contributed by atoms with E-state index in [9.17, 15) is 39.9 Å². The normalized spacial score (nSPS) is 29.0. The van der Waals surface area contributed by atoms with Gasteiger partial charge in [-0.1, -0.05) is 59.8 Å². The summed E-state index contributed by atoms with van der Waals surface area (Å²) in [7, 11) is 1.44. The molecule has 2 aromatic rings. The van der Waals surface area contributed by atoms with Gasteiger partial charge in [0.25, 0.3) is 11.7 Å². The Morgan fingerprint density at radius 2 is 1.57 bits per heavy atom. The van der Waals surface area contributed by atoms with E-state index in [1.807, 2.05) is 18.7 Å². The van der Waals surface area contributed by atoms with Gasteiger partial charge in [-0.25, -0.2) is 0 Å². The minimum atomic E-state index is -2.01. The Morgan fingerprint density at radius 3 is 2.16 bits per heavy atom. The second-order valence-electron chi connectivity index (χ2n) is 15.1. The summed E-state index contributed by atoms with van der Waals surface area (Å²) < 4.78 is 23.6. The van der Waals surface area contributed by atoms with Crippen molar-refractivity contribution in [3.05, 3.63) is 52.8 Å². The van der Waals surface area contributed by atoms with Gasteiger partial charge in [-0.2, -0.15) is 0 Å². The molecule has 6 N–H and O–H groups in total. The number of hydrogen-bond donors (Lipinski definition) is 6. The molecule has 0 radical (unpaired) electrons. The Kier molecular flexibility index (Phi) is 13.9. The maximum absolute atomic E-state index is 14.4. The number of esters is 1. The number of phenols is 3. The molecule has 14 nitrogen and oxygen atoms in total. The first kappa shape index (κ1) is 44.1. The van der Waals surface area contributed by atoms with E-state index >= 15 is 0 Å². The van der Waals surface area contributed by atoms with Gasteiger partial charge in [0.15, 0.2) is 5.75 Å². The summed E-state index contributed by atoms with van der Waals surface area (Å²) >= 11 is 0.